The zero-order valence-electron chi connectivity index (χ0n) is 15.5. The van der Waals surface area contributed by atoms with Crippen LogP contribution in [-0.2, 0) is 33.1 Å². The summed E-state index contributed by atoms with van der Waals surface area (Å²) in [5, 5.41) is 0. The average molecular weight is 453 g/mol. The summed E-state index contributed by atoms with van der Waals surface area (Å²) in [6, 6.07) is 15.6. The zero-order chi connectivity index (χ0) is 21.8. The molecule has 3 rings (SSSR count). The van der Waals surface area contributed by atoms with Crippen LogP contribution in [0.4, 0.5) is 8.78 Å². The van der Waals surface area contributed by atoms with Crippen LogP contribution < -0.4 is 9.44 Å². The second-order valence-electron chi connectivity index (χ2n) is 6.38. The molecule has 0 radical (unpaired) electrons. The van der Waals surface area contributed by atoms with Crippen LogP contribution in [0.15, 0.2) is 82.6 Å². The van der Waals surface area contributed by atoms with Gasteiger partial charge in [0.1, 0.15) is 11.6 Å². The van der Waals surface area contributed by atoms with Gasteiger partial charge in [0.05, 0.1) is 9.79 Å². The van der Waals surface area contributed by atoms with Crippen molar-refractivity contribution in [3.05, 3.63) is 95.6 Å². The van der Waals surface area contributed by atoms with E-state index in [1.807, 2.05) is 0 Å². The van der Waals surface area contributed by atoms with Gasteiger partial charge in [-0.25, -0.2) is 35.1 Å². The van der Waals surface area contributed by atoms with Crippen LogP contribution in [0, 0.1) is 11.6 Å². The summed E-state index contributed by atoms with van der Waals surface area (Å²) in [6.07, 6.45) is 0. The lowest BCUT2D eigenvalue weighted by Gasteiger charge is -2.10. The van der Waals surface area contributed by atoms with E-state index < -0.39 is 31.7 Å². The maximum Gasteiger partial charge on any atom is 0.240 e. The predicted molar refractivity (Wildman–Crippen MR) is 107 cm³/mol. The Bertz CT molecular complexity index is 1130. The third-order valence-electron chi connectivity index (χ3n) is 4.17. The number of benzene rings is 3. The van der Waals surface area contributed by atoms with Gasteiger partial charge in [-0.3, -0.25) is 0 Å². The van der Waals surface area contributed by atoms with Crippen LogP contribution in [0.3, 0.4) is 0 Å². The van der Waals surface area contributed by atoms with E-state index in [1.54, 1.807) is 24.3 Å². The first-order valence-corrected chi connectivity index (χ1v) is 11.7. The third kappa shape index (κ3) is 5.70. The number of halogens is 2. The maximum absolute atomic E-state index is 13.0. The highest BCUT2D eigenvalue weighted by molar-refractivity contribution is 7.89. The second-order valence-corrected chi connectivity index (χ2v) is 9.91. The molecule has 6 nitrogen and oxygen atoms in total. The summed E-state index contributed by atoms with van der Waals surface area (Å²) < 4.78 is 79.9. The molecular weight excluding hydrogens is 434 g/mol. The maximum atomic E-state index is 13.0. The normalized spacial score (nSPS) is 12.1. The Labute approximate surface area is 173 Å². The first-order chi connectivity index (χ1) is 14.2. The second kappa shape index (κ2) is 9.00. The van der Waals surface area contributed by atoms with E-state index >= 15 is 0 Å². The fourth-order valence-corrected chi connectivity index (χ4v) is 4.64. The van der Waals surface area contributed by atoms with E-state index in [9.17, 15) is 25.6 Å². The van der Waals surface area contributed by atoms with Crippen LogP contribution in [0.5, 0.6) is 0 Å². The Morgan fingerprint density at radius 2 is 0.967 bits per heavy atom. The molecule has 30 heavy (non-hydrogen) atoms. The number of nitrogens with one attached hydrogen (secondary N) is 2. The molecule has 0 aromatic heterocycles. The van der Waals surface area contributed by atoms with Crippen molar-refractivity contribution in [3.8, 4) is 0 Å². The van der Waals surface area contributed by atoms with Gasteiger partial charge in [0, 0.05) is 13.1 Å². The van der Waals surface area contributed by atoms with Crippen LogP contribution in [0.2, 0.25) is 0 Å². The van der Waals surface area contributed by atoms with E-state index in [2.05, 4.69) is 9.44 Å². The summed E-state index contributed by atoms with van der Waals surface area (Å²) >= 11 is 0. The lowest BCUT2D eigenvalue weighted by atomic mass is 10.1. The minimum absolute atomic E-state index is 0.0295. The van der Waals surface area contributed by atoms with Gasteiger partial charge in [-0.15, -0.1) is 0 Å². The van der Waals surface area contributed by atoms with Gasteiger partial charge >= 0.3 is 0 Å². The third-order valence-corrected chi connectivity index (χ3v) is 7.01. The van der Waals surface area contributed by atoms with Gasteiger partial charge in [-0.05, 0) is 59.7 Å². The molecule has 3 aromatic carbocycles. The van der Waals surface area contributed by atoms with Gasteiger partial charge in [-0.2, -0.15) is 0 Å². The van der Waals surface area contributed by atoms with Crippen molar-refractivity contribution >= 4 is 20.0 Å². The fourth-order valence-electron chi connectivity index (χ4n) is 2.60. The van der Waals surface area contributed by atoms with Gasteiger partial charge in [0.25, 0.3) is 0 Å². The topological polar surface area (TPSA) is 92.3 Å². The van der Waals surface area contributed by atoms with E-state index in [4.69, 9.17) is 0 Å². The summed E-state index contributed by atoms with van der Waals surface area (Å²) in [6.45, 7) is -0.0590. The molecule has 3 aromatic rings. The van der Waals surface area contributed by atoms with Gasteiger partial charge < -0.3 is 0 Å². The number of rotatable bonds is 8. The Hall–Kier alpha value is -2.66. The smallest absolute Gasteiger partial charge is 0.207 e. The Kier molecular flexibility index (Phi) is 6.61. The fraction of sp³-hybridized carbons (Fsp3) is 0.100. The van der Waals surface area contributed by atoms with E-state index in [0.717, 1.165) is 48.5 Å². The molecular formula is C20H18F2N2O4S2. The van der Waals surface area contributed by atoms with E-state index in [-0.39, 0.29) is 22.9 Å². The number of hydrogen-bond donors (Lipinski definition) is 2. The molecule has 0 atom stereocenters. The first kappa shape index (κ1) is 22.0. The van der Waals surface area contributed by atoms with Gasteiger partial charge in [0.15, 0.2) is 0 Å². The molecule has 0 aliphatic heterocycles. The first-order valence-electron chi connectivity index (χ1n) is 8.74. The van der Waals surface area contributed by atoms with Crippen molar-refractivity contribution in [3.63, 3.8) is 0 Å². The lowest BCUT2D eigenvalue weighted by molar-refractivity contribution is 0.579. The molecule has 0 heterocycles. The molecule has 0 spiro atoms. The van der Waals surface area contributed by atoms with E-state index in [1.165, 1.54) is 0 Å². The van der Waals surface area contributed by atoms with Crippen LogP contribution in [-0.4, -0.2) is 16.8 Å². The molecule has 0 saturated carbocycles. The number of sulfonamides is 2. The molecule has 0 bridgehead atoms. The van der Waals surface area contributed by atoms with Crippen LogP contribution in [0.1, 0.15) is 11.1 Å². The molecule has 2 N–H and O–H groups in total. The SMILES string of the molecule is O=S(=O)(NCc1cccc(CNS(=O)(=O)c2ccc(F)cc2)c1)c1ccc(F)cc1. The Morgan fingerprint density at radius 3 is 1.33 bits per heavy atom. The summed E-state index contributed by atoms with van der Waals surface area (Å²) in [5.74, 6) is -1.07. The average Bonchev–Trinajstić information content (AvgIpc) is 2.72. The largest absolute Gasteiger partial charge is 0.240 e. The highest BCUT2D eigenvalue weighted by atomic mass is 32.2. The van der Waals surface area contributed by atoms with Crippen molar-refractivity contribution in [1.82, 2.24) is 9.44 Å². The highest BCUT2D eigenvalue weighted by Gasteiger charge is 2.15. The lowest BCUT2D eigenvalue weighted by Crippen LogP contribution is -2.24. The quantitative estimate of drug-likeness (QED) is 0.550. The molecule has 0 saturated heterocycles. The van der Waals surface area contributed by atoms with Crippen molar-refractivity contribution in [2.45, 2.75) is 22.9 Å². The monoisotopic (exact) mass is 452 g/mol. The molecule has 0 aliphatic carbocycles. The standard InChI is InChI=1S/C20H18F2N2O4S2/c21-17-4-8-19(9-5-17)29(25,26)23-13-15-2-1-3-16(12-15)14-24-30(27,28)20-10-6-18(22)7-11-20/h1-12,23-24H,13-14H2. The molecule has 0 amide bonds. The number of hydrogen-bond acceptors (Lipinski definition) is 4. The van der Waals surface area contributed by atoms with Crippen molar-refractivity contribution < 1.29 is 25.6 Å². The molecule has 10 heteroatoms. The summed E-state index contributed by atoms with van der Waals surface area (Å²) in [7, 11) is -7.64. The Morgan fingerprint density at radius 1 is 0.600 bits per heavy atom. The van der Waals surface area contributed by atoms with Crippen molar-refractivity contribution in [2.75, 3.05) is 0 Å². The predicted octanol–water partition coefficient (Wildman–Crippen LogP) is 2.92. The minimum Gasteiger partial charge on any atom is -0.207 e. The molecule has 0 aliphatic rings. The molecule has 0 fully saturated rings. The Balaban J connectivity index is 1.64. The minimum atomic E-state index is -3.82. The summed E-state index contributed by atoms with van der Waals surface area (Å²) in [4.78, 5) is -0.126. The van der Waals surface area contributed by atoms with Crippen LogP contribution in [0.25, 0.3) is 0 Å². The van der Waals surface area contributed by atoms with Gasteiger partial charge in [-0.1, -0.05) is 24.3 Å². The van der Waals surface area contributed by atoms with E-state index in [0.29, 0.717) is 11.1 Å². The highest BCUT2D eigenvalue weighted by Crippen LogP contribution is 2.13. The van der Waals surface area contributed by atoms with Crippen LogP contribution >= 0.6 is 0 Å². The molecule has 158 valence electrons. The molecule has 0 unspecified atom stereocenters. The summed E-state index contributed by atoms with van der Waals surface area (Å²) in [5.41, 5.74) is 1.22. The zero-order valence-corrected chi connectivity index (χ0v) is 17.2. The van der Waals surface area contributed by atoms with Gasteiger partial charge in [0.2, 0.25) is 20.0 Å². The van der Waals surface area contributed by atoms with Crippen molar-refractivity contribution in [2.24, 2.45) is 0 Å². The van der Waals surface area contributed by atoms with Crippen molar-refractivity contribution in [1.29, 1.82) is 0 Å².